The normalized spacial score (nSPS) is 16.5. The zero-order chi connectivity index (χ0) is 17.8. The van der Waals surface area contributed by atoms with Crippen molar-refractivity contribution in [3.05, 3.63) is 114 Å². The van der Waals surface area contributed by atoms with Crippen molar-refractivity contribution < 1.29 is 4.79 Å². The van der Waals surface area contributed by atoms with Crippen LogP contribution in [0.1, 0.15) is 23.5 Å². The van der Waals surface area contributed by atoms with Crippen molar-refractivity contribution in [3.63, 3.8) is 0 Å². The molecule has 0 radical (unpaired) electrons. The van der Waals surface area contributed by atoms with Gasteiger partial charge in [-0.15, -0.1) is 0 Å². The summed E-state index contributed by atoms with van der Waals surface area (Å²) in [6.45, 7) is 0. The van der Waals surface area contributed by atoms with E-state index in [0.717, 1.165) is 18.3 Å². The Labute approximate surface area is 154 Å². The van der Waals surface area contributed by atoms with Crippen molar-refractivity contribution in [3.8, 4) is 11.1 Å². The summed E-state index contributed by atoms with van der Waals surface area (Å²) < 4.78 is 0. The van der Waals surface area contributed by atoms with E-state index < -0.39 is 0 Å². The average molecular weight is 336 g/mol. The predicted molar refractivity (Wildman–Crippen MR) is 108 cm³/mol. The van der Waals surface area contributed by atoms with Gasteiger partial charge in [0.25, 0.3) is 0 Å². The lowest BCUT2D eigenvalue weighted by Crippen LogP contribution is -2.08. The number of hydrogen-bond donors (Lipinski definition) is 0. The van der Waals surface area contributed by atoms with E-state index in [9.17, 15) is 4.79 Å². The highest BCUT2D eigenvalue weighted by atomic mass is 16.1. The van der Waals surface area contributed by atoms with Crippen LogP contribution in [0.3, 0.4) is 0 Å². The molecule has 0 unspecified atom stereocenters. The van der Waals surface area contributed by atoms with Gasteiger partial charge in [0.1, 0.15) is 6.29 Å². The van der Waals surface area contributed by atoms with Crippen LogP contribution in [-0.4, -0.2) is 6.29 Å². The Hall–Kier alpha value is -3.19. The molecule has 0 bridgehead atoms. The first-order valence-electron chi connectivity index (χ1n) is 8.92. The third-order valence-electron chi connectivity index (χ3n) is 5.00. The van der Waals surface area contributed by atoms with Crippen molar-refractivity contribution in [1.82, 2.24) is 0 Å². The number of benzene rings is 3. The number of hydrogen-bond acceptors (Lipinski definition) is 1. The van der Waals surface area contributed by atoms with Crippen molar-refractivity contribution in [1.29, 1.82) is 0 Å². The van der Waals surface area contributed by atoms with E-state index in [0.29, 0.717) is 0 Å². The molecule has 3 aromatic rings. The van der Waals surface area contributed by atoms with E-state index in [1.807, 2.05) is 30.3 Å². The van der Waals surface area contributed by atoms with E-state index >= 15 is 0 Å². The molecule has 0 saturated heterocycles. The highest BCUT2D eigenvalue weighted by Crippen LogP contribution is 2.37. The van der Waals surface area contributed by atoms with Crippen molar-refractivity contribution in [2.24, 2.45) is 0 Å². The van der Waals surface area contributed by atoms with Crippen LogP contribution >= 0.6 is 0 Å². The van der Waals surface area contributed by atoms with Gasteiger partial charge in [-0.2, -0.15) is 0 Å². The Balaban J connectivity index is 1.63. The van der Waals surface area contributed by atoms with Crippen LogP contribution in [0, 0.1) is 0 Å². The topological polar surface area (TPSA) is 17.1 Å². The Kier molecular flexibility index (Phi) is 4.61. The molecule has 0 N–H and O–H groups in total. The molecule has 26 heavy (non-hydrogen) atoms. The van der Waals surface area contributed by atoms with Crippen LogP contribution in [0.4, 0.5) is 0 Å². The van der Waals surface area contributed by atoms with E-state index in [2.05, 4.69) is 66.7 Å². The minimum absolute atomic E-state index is 0.127. The Bertz CT molecular complexity index is 948. The van der Waals surface area contributed by atoms with Gasteiger partial charge >= 0.3 is 0 Å². The van der Waals surface area contributed by atoms with Gasteiger partial charge in [-0.25, -0.2) is 0 Å². The summed E-state index contributed by atoms with van der Waals surface area (Å²) in [7, 11) is 0. The fraction of sp³-hybridized carbons (Fsp3) is 0.0800. The van der Waals surface area contributed by atoms with Gasteiger partial charge in [0.2, 0.25) is 0 Å². The van der Waals surface area contributed by atoms with Crippen molar-refractivity contribution >= 4 is 11.9 Å². The lowest BCUT2D eigenvalue weighted by Gasteiger charge is -2.23. The zero-order valence-electron chi connectivity index (χ0n) is 14.5. The summed E-state index contributed by atoms with van der Waals surface area (Å²) in [6, 6.07) is 29.4. The first-order chi connectivity index (χ1) is 12.8. The molecule has 0 aromatic heterocycles. The quantitative estimate of drug-likeness (QED) is 0.530. The first-order valence-corrected chi connectivity index (χ1v) is 8.92. The Morgan fingerprint density at radius 2 is 1.23 bits per heavy atom. The molecule has 1 atom stereocenters. The second kappa shape index (κ2) is 7.37. The highest BCUT2D eigenvalue weighted by molar-refractivity contribution is 5.82. The molecule has 4 rings (SSSR count). The van der Waals surface area contributed by atoms with Gasteiger partial charge in [0.05, 0.1) is 0 Å². The van der Waals surface area contributed by atoms with Gasteiger partial charge in [0, 0.05) is 5.92 Å². The summed E-state index contributed by atoms with van der Waals surface area (Å²) in [5, 5.41) is 0. The molecule has 1 nitrogen and oxygen atoms in total. The molecule has 0 aliphatic heterocycles. The maximum atomic E-state index is 11.5. The van der Waals surface area contributed by atoms with Gasteiger partial charge in [-0.1, -0.05) is 97.1 Å². The van der Waals surface area contributed by atoms with Crippen molar-refractivity contribution in [2.45, 2.75) is 12.3 Å². The largest absolute Gasteiger partial charge is 0.298 e. The lowest BCUT2D eigenvalue weighted by molar-refractivity contribution is -0.105. The van der Waals surface area contributed by atoms with Gasteiger partial charge in [-0.3, -0.25) is 4.79 Å². The summed E-state index contributed by atoms with van der Waals surface area (Å²) >= 11 is 0. The molecule has 0 saturated carbocycles. The molecular formula is C25H20O. The second-order valence-electron chi connectivity index (χ2n) is 6.59. The highest BCUT2D eigenvalue weighted by Gasteiger charge is 2.21. The standard InChI is InChI=1S/C25H20O/c26-18-24-16-15-23(17-25(24)22-9-5-2-6-10-22)21-13-11-20(12-14-21)19-7-3-1-4-8-19/h1-16,18,25H,17H2/t25-/m0/s1. The fourth-order valence-corrected chi connectivity index (χ4v) is 3.56. The molecule has 1 aliphatic rings. The van der Waals surface area contributed by atoms with E-state index in [1.54, 1.807) is 0 Å². The molecule has 1 aliphatic carbocycles. The molecule has 3 aromatic carbocycles. The summed E-state index contributed by atoms with van der Waals surface area (Å²) in [5.41, 5.74) is 6.96. The van der Waals surface area contributed by atoms with Crippen LogP contribution in [0.5, 0.6) is 0 Å². The average Bonchev–Trinajstić information content (AvgIpc) is 2.75. The number of aldehydes is 1. The maximum Gasteiger partial charge on any atom is 0.146 e. The number of carbonyl (C=O) groups excluding carboxylic acids is 1. The van der Waals surface area contributed by atoms with E-state index in [1.165, 1.54) is 27.8 Å². The zero-order valence-corrected chi connectivity index (χ0v) is 14.5. The molecule has 0 fully saturated rings. The van der Waals surface area contributed by atoms with Crippen LogP contribution in [-0.2, 0) is 4.79 Å². The molecule has 1 heteroatoms. The molecule has 0 heterocycles. The Morgan fingerprint density at radius 1 is 0.654 bits per heavy atom. The van der Waals surface area contributed by atoms with Crippen LogP contribution in [0.2, 0.25) is 0 Å². The van der Waals surface area contributed by atoms with Crippen LogP contribution in [0.25, 0.3) is 16.7 Å². The number of carbonyl (C=O) groups is 1. The minimum Gasteiger partial charge on any atom is -0.298 e. The number of allylic oxidation sites excluding steroid dienone is 4. The van der Waals surface area contributed by atoms with Crippen molar-refractivity contribution in [2.75, 3.05) is 0 Å². The first kappa shape index (κ1) is 16.3. The molecular weight excluding hydrogens is 316 g/mol. The molecule has 0 spiro atoms. The van der Waals surface area contributed by atoms with Gasteiger partial charge in [-0.05, 0) is 39.8 Å². The number of rotatable bonds is 4. The monoisotopic (exact) mass is 336 g/mol. The lowest BCUT2D eigenvalue weighted by atomic mass is 9.80. The SMILES string of the molecule is O=CC1=CC=C(c2ccc(-c3ccccc3)cc2)C[C@H]1c1ccccc1. The maximum absolute atomic E-state index is 11.5. The van der Waals surface area contributed by atoms with E-state index in [4.69, 9.17) is 0 Å². The summed E-state index contributed by atoms with van der Waals surface area (Å²) in [4.78, 5) is 11.5. The fourth-order valence-electron chi connectivity index (χ4n) is 3.56. The third kappa shape index (κ3) is 3.29. The van der Waals surface area contributed by atoms with Crippen LogP contribution < -0.4 is 0 Å². The Morgan fingerprint density at radius 3 is 1.88 bits per heavy atom. The van der Waals surface area contributed by atoms with Gasteiger partial charge < -0.3 is 0 Å². The second-order valence-corrected chi connectivity index (χ2v) is 6.59. The predicted octanol–water partition coefficient (Wildman–Crippen LogP) is 6.05. The van der Waals surface area contributed by atoms with E-state index in [-0.39, 0.29) is 5.92 Å². The molecule has 126 valence electrons. The van der Waals surface area contributed by atoms with Gasteiger partial charge in [0.15, 0.2) is 0 Å². The summed E-state index contributed by atoms with van der Waals surface area (Å²) in [6.07, 6.45) is 5.89. The van der Waals surface area contributed by atoms with Crippen LogP contribution in [0.15, 0.2) is 103 Å². The summed E-state index contributed by atoms with van der Waals surface area (Å²) in [5.74, 6) is 0.127. The molecule has 0 amide bonds. The smallest absolute Gasteiger partial charge is 0.146 e. The third-order valence-corrected chi connectivity index (χ3v) is 5.00. The minimum atomic E-state index is 0.127.